The monoisotopic (exact) mass is 790 g/mol. The molecule has 0 aliphatic carbocycles. The molecule has 0 bridgehead atoms. The molecule has 13 rings (SSSR count). The van der Waals surface area contributed by atoms with Gasteiger partial charge in [-0.25, -0.2) is 9.97 Å². The lowest BCUT2D eigenvalue weighted by molar-refractivity contribution is 0.667. The molecule has 288 valence electrons. The summed E-state index contributed by atoms with van der Waals surface area (Å²) < 4.78 is 13.3. The van der Waals surface area contributed by atoms with Crippen molar-refractivity contribution in [1.82, 2.24) is 9.97 Å². The summed E-state index contributed by atoms with van der Waals surface area (Å²) in [7, 11) is 0. The third kappa shape index (κ3) is 5.40. The molecule has 0 radical (unpaired) electrons. The molecule has 10 aromatic carbocycles. The maximum Gasteiger partial charge on any atom is 0.180 e. The second-order valence-corrected chi connectivity index (χ2v) is 16.0. The summed E-state index contributed by atoms with van der Waals surface area (Å²) in [6.45, 7) is 0. The predicted molar refractivity (Wildman–Crippen MR) is 256 cm³/mol. The molecule has 0 aliphatic heterocycles. The molecule has 0 N–H and O–H groups in total. The minimum Gasteiger partial charge on any atom is -0.456 e. The Hall–Kier alpha value is -8.34. The van der Waals surface area contributed by atoms with Gasteiger partial charge in [-0.2, -0.15) is 0 Å². The Balaban J connectivity index is 0.948. The van der Waals surface area contributed by atoms with Gasteiger partial charge in [0.05, 0.1) is 0 Å². The van der Waals surface area contributed by atoms with Crippen molar-refractivity contribution in [2.45, 2.75) is 0 Å². The highest BCUT2D eigenvalue weighted by Crippen LogP contribution is 2.43. The highest BCUT2D eigenvalue weighted by molar-refractivity contribution is 6.26. The molecule has 0 spiro atoms. The van der Waals surface area contributed by atoms with E-state index < -0.39 is 0 Å². The van der Waals surface area contributed by atoms with Crippen molar-refractivity contribution < 1.29 is 8.83 Å². The van der Waals surface area contributed by atoms with E-state index in [2.05, 4.69) is 182 Å². The Labute approximate surface area is 356 Å². The van der Waals surface area contributed by atoms with E-state index in [1.54, 1.807) is 0 Å². The van der Waals surface area contributed by atoms with Crippen molar-refractivity contribution in [2.24, 2.45) is 0 Å². The van der Waals surface area contributed by atoms with Gasteiger partial charge in [-0.3, -0.25) is 0 Å². The van der Waals surface area contributed by atoms with Gasteiger partial charge in [-0.1, -0.05) is 170 Å². The summed E-state index contributed by atoms with van der Waals surface area (Å²) in [5.74, 6) is 0.654. The maximum absolute atomic E-state index is 6.77. The van der Waals surface area contributed by atoms with Crippen LogP contribution in [0.5, 0.6) is 0 Å². The van der Waals surface area contributed by atoms with E-state index >= 15 is 0 Å². The summed E-state index contributed by atoms with van der Waals surface area (Å²) in [4.78, 5) is 10.3. The van der Waals surface area contributed by atoms with Crippen molar-refractivity contribution in [3.63, 3.8) is 0 Å². The quantitative estimate of drug-likeness (QED) is 0.163. The largest absolute Gasteiger partial charge is 0.456 e. The van der Waals surface area contributed by atoms with Gasteiger partial charge >= 0.3 is 0 Å². The van der Waals surface area contributed by atoms with E-state index in [1.807, 2.05) is 24.3 Å². The topological polar surface area (TPSA) is 52.1 Å². The molecule has 0 fully saturated rings. The highest BCUT2D eigenvalue weighted by Gasteiger charge is 2.21. The molecule has 0 unspecified atom stereocenters. The third-order valence-electron chi connectivity index (χ3n) is 12.5. The second kappa shape index (κ2) is 13.6. The van der Waals surface area contributed by atoms with Crippen molar-refractivity contribution >= 4 is 76.3 Å². The van der Waals surface area contributed by atoms with E-state index in [1.165, 1.54) is 37.9 Å². The molecule has 0 aliphatic rings. The van der Waals surface area contributed by atoms with Crippen LogP contribution in [0, 0.1) is 0 Å². The molecule has 4 nitrogen and oxygen atoms in total. The Morgan fingerprint density at radius 2 is 0.839 bits per heavy atom. The molecular formula is C58H34N2O2. The van der Waals surface area contributed by atoms with E-state index in [-0.39, 0.29) is 0 Å². The number of hydrogen-bond acceptors (Lipinski definition) is 4. The van der Waals surface area contributed by atoms with Gasteiger partial charge in [0.25, 0.3) is 0 Å². The van der Waals surface area contributed by atoms with Crippen molar-refractivity contribution in [2.75, 3.05) is 0 Å². The number of aromatic nitrogens is 2. The van der Waals surface area contributed by atoms with Crippen LogP contribution in [0.3, 0.4) is 0 Å². The zero-order valence-corrected chi connectivity index (χ0v) is 33.3. The van der Waals surface area contributed by atoms with Crippen LogP contribution in [0.25, 0.3) is 132 Å². The molecule has 0 saturated heterocycles. The SMILES string of the molecule is c1ccc(-c2ccc(-c3nc(-c4ccccc4)c4oc5cc(-c6cccc7oc8ccc(-c9ccc%10c%11ccccc%11c%11ccccc%11c%10c9)cc8c67)ccc5c4n3)cc2)cc1. The summed E-state index contributed by atoms with van der Waals surface area (Å²) in [5.41, 5.74) is 13.3. The van der Waals surface area contributed by atoms with Gasteiger partial charge in [-0.05, 0) is 102 Å². The van der Waals surface area contributed by atoms with Crippen LogP contribution in [0.15, 0.2) is 215 Å². The number of benzene rings is 10. The number of furan rings is 2. The first-order chi connectivity index (χ1) is 30.7. The van der Waals surface area contributed by atoms with Crippen molar-refractivity contribution in [1.29, 1.82) is 0 Å². The summed E-state index contributed by atoms with van der Waals surface area (Å²) in [6, 6.07) is 72.7. The van der Waals surface area contributed by atoms with Crippen LogP contribution < -0.4 is 0 Å². The smallest absolute Gasteiger partial charge is 0.180 e. The zero-order valence-electron chi connectivity index (χ0n) is 33.3. The highest BCUT2D eigenvalue weighted by atomic mass is 16.3. The van der Waals surface area contributed by atoms with Crippen LogP contribution in [0.4, 0.5) is 0 Å². The average molecular weight is 791 g/mol. The number of hydrogen-bond donors (Lipinski definition) is 0. The molecule has 0 amide bonds. The van der Waals surface area contributed by atoms with E-state index in [0.29, 0.717) is 11.4 Å². The third-order valence-corrected chi connectivity index (χ3v) is 12.5. The summed E-state index contributed by atoms with van der Waals surface area (Å²) >= 11 is 0. The first kappa shape index (κ1) is 34.5. The number of fused-ring (bicyclic) bond motifs is 12. The summed E-state index contributed by atoms with van der Waals surface area (Å²) in [5, 5.41) is 10.7. The average Bonchev–Trinajstić information content (AvgIpc) is 3.92. The molecule has 0 atom stereocenters. The van der Waals surface area contributed by atoms with E-state index in [0.717, 1.165) is 83.1 Å². The first-order valence-corrected chi connectivity index (χ1v) is 21.0. The lowest BCUT2D eigenvalue weighted by Crippen LogP contribution is -1.94. The molecule has 13 aromatic rings. The van der Waals surface area contributed by atoms with Crippen LogP contribution in [-0.2, 0) is 0 Å². The van der Waals surface area contributed by atoms with Gasteiger partial charge < -0.3 is 8.83 Å². The molecular weight excluding hydrogens is 757 g/mol. The normalized spacial score (nSPS) is 11.9. The molecule has 3 aromatic heterocycles. The Kier molecular flexibility index (Phi) is 7.57. The van der Waals surface area contributed by atoms with Gasteiger partial charge in [0.2, 0.25) is 0 Å². The lowest BCUT2D eigenvalue weighted by atomic mass is 9.91. The Morgan fingerprint density at radius 3 is 1.56 bits per heavy atom. The predicted octanol–water partition coefficient (Wildman–Crippen LogP) is 16.1. The van der Waals surface area contributed by atoms with E-state index in [9.17, 15) is 0 Å². The van der Waals surface area contributed by atoms with E-state index in [4.69, 9.17) is 18.8 Å². The molecule has 3 heterocycles. The fourth-order valence-corrected chi connectivity index (χ4v) is 9.51. The van der Waals surface area contributed by atoms with Crippen LogP contribution in [-0.4, -0.2) is 9.97 Å². The fourth-order valence-electron chi connectivity index (χ4n) is 9.51. The van der Waals surface area contributed by atoms with Gasteiger partial charge in [0, 0.05) is 27.3 Å². The summed E-state index contributed by atoms with van der Waals surface area (Å²) in [6.07, 6.45) is 0. The number of rotatable bonds is 5. The van der Waals surface area contributed by atoms with Gasteiger partial charge in [0.15, 0.2) is 11.4 Å². The molecule has 4 heteroatoms. The zero-order chi connectivity index (χ0) is 40.7. The van der Waals surface area contributed by atoms with Crippen LogP contribution >= 0.6 is 0 Å². The minimum absolute atomic E-state index is 0.654. The molecule has 0 saturated carbocycles. The van der Waals surface area contributed by atoms with Gasteiger partial charge in [0.1, 0.15) is 28.0 Å². The standard InChI is InChI=1S/C58H34N2O2/c1-3-12-35(13-4-1)36-22-24-38(25-23-36)58-59-55(37-14-5-2-6-15-37)57-56(60-58)48-30-27-41(34-53(48)62-57)42-20-11-21-52-54(42)50-33-40(28-31-51(50)61-52)39-26-29-47-45-18-8-7-16-43(45)44-17-9-10-19-46(44)49(47)32-39/h1-34H. The first-order valence-electron chi connectivity index (χ1n) is 21.0. The van der Waals surface area contributed by atoms with Crippen LogP contribution in [0.2, 0.25) is 0 Å². The minimum atomic E-state index is 0.654. The van der Waals surface area contributed by atoms with Crippen LogP contribution in [0.1, 0.15) is 0 Å². The maximum atomic E-state index is 6.77. The number of nitrogens with zero attached hydrogens (tertiary/aromatic N) is 2. The Morgan fingerprint density at radius 1 is 0.290 bits per heavy atom. The molecule has 62 heavy (non-hydrogen) atoms. The van der Waals surface area contributed by atoms with Crippen molar-refractivity contribution in [3.8, 4) is 56.0 Å². The lowest BCUT2D eigenvalue weighted by Gasteiger charge is -2.12. The fraction of sp³-hybridized carbons (Fsp3) is 0. The van der Waals surface area contributed by atoms with Crippen molar-refractivity contribution in [3.05, 3.63) is 206 Å². The van der Waals surface area contributed by atoms with Gasteiger partial charge in [-0.15, -0.1) is 0 Å². The second-order valence-electron chi connectivity index (χ2n) is 16.0. The Bertz CT molecular complexity index is 3870.